The van der Waals surface area contributed by atoms with E-state index in [2.05, 4.69) is 10.1 Å². The van der Waals surface area contributed by atoms with Gasteiger partial charge in [0.1, 0.15) is 5.75 Å². The monoisotopic (exact) mass is 248 g/mol. The Morgan fingerprint density at radius 1 is 1.44 bits per heavy atom. The molecule has 0 aliphatic carbocycles. The van der Waals surface area contributed by atoms with Crippen LogP contribution in [-0.2, 0) is 0 Å². The summed E-state index contributed by atoms with van der Waals surface area (Å²) in [5.41, 5.74) is 7.06. The van der Waals surface area contributed by atoms with Gasteiger partial charge in [-0.25, -0.2) is 0 Å². The Morgan fingerprint density at radius 2 is 2.22 bits per heavy atom. The van der Waals surface area contributed by atoms with E-state index in [1.807, 2.05) is 18.9 Å². The topological polar surface area (TPSA) is 77.4 Å². The number of aromatic nitrogens is 2. The quantitative estimate of drug-likeness (QED) is 0.831. The van der Waals surface area contributed by atoms with Crippen LogP contribution in [0.5, 0.6) is 5.75 Å². The van der Waals surface area contributed by atoms with Crippen LogP contribution in [0.2, 0.25) is 0 Å². The van der Waals surface area contributed by atoms with Gasteiger partial charge in [0.15, 0.2) is 0 Å². The van der Waals surface area contributed by atoms with Crippen molar-refractivity contribution < 1.29 is 9.26 Å². The van der Waals surface area contributed by atoms with Gasteiger partial charge < -0.3 is 19.9 Å². The van der Waals surface area contributed by atoms with Crippen molar-refractivity contribution in [3.05, 3.63) is 18.2 Å². The molecular weight excluding hydrogens is 232 g/mol. The van der Waals surface area contributed by atoms with Gasteiger partial charge in [0.25, 0.3) is 11.8 Å². The molecule has 0 amide bonds. The maximum atomic E-state index is 5.70. The van der Waals surface area contributed by atoms with Crippen molar-refractivity contribution in [2.24, 2.45) is 0 Å². The minimum atomic E-state index is 0.419. The predicted molar refractivity (Wildman–Crippen MR) is 69.6 cm³/mol. The number of hydrogen-bond acceptors (Lipinski definition) is 6. The number of methoxy groups -OCH3 is 1. The van der Waals surface area contributed by atoms with Crippen LogP contribution in [0.15, 0.2) is 22.7 Å². The lowest BCUT2D eigenvalue weighted by atomic mass is 10.2. The molecule has 2 aromatic rings. The molecule has 96 valence electrons. The second-order valence-corrected chi connectivity index (χ2v) is 3.87. The number of nitrogen functional groups attached to an aromatic ring is 1. The lowest BCUT2D eigenvalue weighted by molar-refractivity contribution is 0.405. The Bertz CT molecular complexity index is 539. The minimum absolute atomic E-state index is 0.419. The normalized spacial score (nSPS) is 10.4. The zero-order valence-corrected chi connectivity index (χ0v) is 10.7. The van der Waals surface area contributed by atoms with E-state index >= 15 is 0 Å². The maximum absolute atomic E-state index is 5.70. The summed E-state index contributed by atoms with van der Waals surface area (Å²) in [5, 5.41) is 3.91. The molecular formula is C12H16N4O2. The molecule has 0 bridgehead atoms. The standard InChI is InChI=1S/C12H16N4O2/c1-4-16(2)12-14-11(18-15-12)9-6-5-8(13)7-10(9)17-3/h5-7H,4,13H2,1-3H3. The number of nitrogens with two attached hydrogens (primary N) is 1. The molecule has 18 heavy (non-hydrogen) atoms. The Morgan fingerprint density at radius 3 is 2.89 bits per heavy atom. The van der Waals surface area contributed by atoms with Gasteiger partial charge in [-0.1, -0.05) is 0 Å². The van der Waals surface area contributed by atoms with E-state index in [0.717, 1.165) is 12.1 Å². The highest BCUT2D eigenvalue weighted by Crippen LogP contribution is 2.31. The average Bonchev–Trinajstić information content (AvgIpc) is 2.87. The largest absolute Gasteiger partial charge is 0.496 e. The Balaban J connectivity index is 2.39. The number of rotatable bonds is 4. The van der Waals surface area contributed by atoms with Crippen molar-refractivity contribution >= 4 is 11.6 Å². The number of hydrogen-bond donors (Lipinski definition) is 1. The second kappa shape index (κ2) is 4.95. The predicted octanol–water partition coefficient (Wildman–Crippen LogP) is 1.78. The Kier molecular flexibility index (Phi) is 3.36. The van der Waals surface area contributed by atoms with Crippen molar-refractivity contribution in [1.29, 1.82) is 0 Å². The molecule has 0 aliphatic heterocycles. The molecule has 6 nitrogen and oxygen atoms in total. The molecule has 2 N–H and O–H groups in total. The summed E-state index contributed by atoms with van der Waals surface area (Å²) in [7, 11) is 3.47. The van der Waals surface area contributed by atoms with Crippen LogP contribution in [0.4, 0.5) is 11.6 Å². The Labute approximate surface area is 105 Å². The first-order valence-electron chi connectivity index (χ1n) is 5.64. The number of anilines is 2. The molecule has 0 saturated heterocycles. The summed E-state index contributed by atoms with van der Waals surface area (Å²) in [4.78, 5) is 6.20. The fourth-order valence-corrected chi connectivity index (χ4v) is 1.51. The zero-order valence-electron chi connectivity index (χ0n) is 10.7. The highest BCUT2D eigenvalue weighted by molar-refractivity contribution is 5.67. The summed E-state index contributed by atoms with van der Waals surface area (Å²) < 4.78 is 10.5. The van der Waals surface area contributed by atoms with Gasteiger partial charge in [0, 0.05) is 25.3 Å². The number of nitrogens with zero attached hydrogens (tertiary/aromatic N) is 3. The molecule has 0 aliphatic rings. The lowest BCUT2D eigenvalue weighted by Gasteiger charge is -2.09. The summed E-state index contributed by atoms with van der Waals surface area (Å²) in [6.07, 6.45) is 0. The third-order valence-electron chi connectivity index (χ3n) is 2.69. The van der Waals surface area contributed by atoms with Gasteiger partial charge in [0.05, 0.1) is 12.7 Å². The lowest BCUT2D eigenvalue weighted by Crippen LogP contribution is -2.16. The van der Waals surface area contributed by atoms with Crippen molar-refractivity contribution in [2.45, 2.75) is 6.92 Å². The summed E-state index contributed by atoms with van der Waals surface area (Å²) >= 11 is 0. The fraction of sp³-hybridized carbons (Fsp3) is 0.333. The summed E-state index contributed by atoms with van der Waals surface area (Å²) in [6, 6.07) is 5.30. The fourth-order valence-electron chi connectivity index (χ4n) is 1.51. The second-order valence-electron chi connectivity index (χ2n) is 3.87. The van der Waals surface area contributed by atoms with Gasteiger partial charge in [-0.2, -0.15) is 4.98 Å². The van der Waals surface area contributed by atoms with E-state index in [1.54, 1.807) is 25.3 Å². The molecule has 0 atom stereocenters. The molecule has 6 heteroatoms. The first-order chi connectivity index (χ1) is 8.65. The van der Waals surface area contributed by atoms with Crippen LogP contribution in [0.1, 0.15) is 6.92 Å². The zero-order chi connectivity index (χ0) is 13.1. The summed E-state index contributed by atoms with van der Waals surface area (Å²) in [5.74, 6) is 1.58. The number of ether oxygens (including phenoxy) is 1. The molecule has 0 saturated carbocycles. The maximum Gasteiger partial charge on any atom is 0.266 e. The molecule has 0 unspecified atom stereocenters. The van der Waals surface area contributed by atoms with Crippen LogP contribution in [0.25, 0.3) is 11.5 Å². The van der Waals surface area contributed by atoms with Crippen LogP contribution >= 0.6 is 0 Å². The van der Waals surface area contributed by atoms with Gasteiger partial charge >= 0.3 is 0 Å². The van der Waals surface area contributed by atoms with Crippen LogP contribution in [-0.4, -0.2) is 30.8 Å². The molecule has 1 aromatic heterocycles. The van der Waals surface area contributed by atoms with Crippen LogP contribution in [0, 0.1) is 0 Å². The van der Waals surface area contributed by atoms with Gasteiger partial charge in [-0.05, 0) is 24.2 Å². The third-order valence-corrected chi connectivity index (χ3v) is 2.69. The summed E-state index contributed by atoms with van der Waals surface area (Å²) in [6.45, 7) is 2.82. The smallest absolute Gasteiger partial charge is 0.266 e. The van der Waals surface area contributed by atoms with Crippen molar-refractivity contribution in [2.75, 3.05) is 31.3 Å². The van der Waals surface area contributed by atoms with E-state index in [0.29, 0.717) is 23.3 Å². The van der Waals surface area contributed by atoms with Gasteiger partial charge in [-0.3, -0.25) is 0 Å². The minimum Gasteiger partial charge on any atom is -0.496 e. The highest BCUT2D eigenvalue weighted by atomic mass is 16.5. The Hall–Kier alpha value is -2.24. The van der Waals surface area contributed by atoms with Crippen molar-refractivity contribution in [3.8, 4) is 17.2 Å². The molecule has 2 rings (SSSR count). The van der Waals surface area contributed by atoms with E-state index in [9.17, 15) is 0 Å². The van der Waals surface area contributed by atoms with Gasteiger partial charge in [-0.15, -0.1) is 0 Å². The first-order valence-corrected chi connectivity index (χ1v) is 5.64. The van der Waals surface area contributed by atoms with E-state index in [-0.39, 0.29) is 0 Å². The molecule has 1 heterocycles. The molecule has 0 spiro atoms. The first kappa shape index (κ1) is 12.2. The van der Waals surface area contributed by atoms with Gasteiger partial charge in [0.2, 0.25) is 0 Å². The van der Waals surface area contributed by atoms with Crippen LogP contribution < -0.4 is 15.4 Å². The van der Waals surface area contributed by atoms with Crippen LogP contribution in [0.3, 0.4) is 0 Å². The highest BCUT2D eigenvalue weighted by Gasteiger charge is 2.15. The number of benzene rings is 1. The van der Waals surface area contributed by atoms with E-state index in [1.165, 1.54) is 0 Å². The third kappa shape index (κ3) is 2.22. The van der Waals surface area contributed by atoms with Crippen molar-refractivity contribution in [1.82, 2.24) is 10.1 Å². The molecule has 0 radical (unpaired) electrons. The SMILES string of the molecule is CCN(C)c1noc(-c2ccc(N)cc2OC)n1. The molecule has 0 fully saturated rings. The van der Waals surface area contributed by atoms with E-state index in [4.69, 9.17) is 15.0 Å². The van der Waals surface area contributed by atoms with Crippen molar-refractivity contribution in [3.63, 3.8) is 0 Å². The average molecular weight is 248 g/mol. The van der Waals surface area contributed by atoms with E-state index < -0.39 is 0 Å². The molecule has 1 aromatic carbocycles.